The minimum Gasteiger partial charge on any atom is -0.394 e. The molecule has 0 aliphatic carbocycles. The maximum Gasteiger partial charge on any atom is 0.220 e. The van der Waals surface area contributed by atoms with Crippen molar-refractivity contribution in [1.82, 2.24) is 5.32 Å². The van der Waals surface area contributed by atoms with Crippen molar-refractivity contribution in [2.75, 3.05) is 6.61 Å². The van der Waals surface area contributed by atoms with Crippen LogP contribution < -0.4 is 5.32 Å². The zero-order chi connectivity index (χ0) is 25.8. The standard InChI is InChI=1S/C31H57NO3/c1-3-5-6-7-8-9-10-11-12-13-14-15-16-17-18-19-20-21-22-23-24-25-26-27-30(34)29(28-33)32-31(35)4-2/h18-19,22-23,26-27,29-30,33-34H,3-17,20-21,24-25,28H2,1-2H3,(H,32,35)/b19-18+,23-22+,27-26+. The van der Waals surface area contributed by atoms with E-state index in [1.807, 2.05) is 6.08 Å². The first-order valence-corrected chi connectivity index (χ1v) is 14.7. The monoisotopic (exact) mass is 491 g/mol. The Morgan fingerprint density at radius 2 is 1.09 bits per heavy atom. The Bertz CT molecular complexity index is 541. The predicted octanol–water partition coefficient (Wildman–Crippen LogP) is 7.94. The second-order valence-corrected chi connectivity index (χ2v) is 9.76. The first-order valence-electron chi connectivity index (χ1n) is 14.7. The molecule has 2 unspecified atom stereocenters. The summed E-state index contributed by atoms with van der Waals surface area (Å²) < 4.78 is 0. The van der Waals surface area contributed by atoms with E-state index in [0.29, 0.717) is 6.42 Å². The molecule has 0 heterocycles. The van der Waals surface area contributed by atoms with Gasteiger partial charge in [-0.15, -0.1) is 0 Å². The van der Waals surface area contributed by atoms with Crippen molar-refractivity contribution in [3.8, 4) is 0 Å². The second kappa shape index (κ2) is 27.2. The van der Waals surface area contributed by atoms with Gasteiger partial charge in [0.2, 0.25) is 5.91 Å². The van der Waals surface area contributed by atoms with Gasteiger partial charge in [-0.2, -0.15) is 0 Å². The van der Waals surface area contributed by atoms with Crippen LogP contribution in [-0.4, -0.2) is 34.9 Å². The number of nitrogens with one attached hydrogen (secondary N) is 1. The molecule has 1 amide bonds. The Morgan fingerprint density at radius 3 is 1.54 bits per heavy atom. The molecule has 0 aliphatic rings. The maximum atomic E-state index is 11.4. The lowest BCUT2D eigenvalue weighted by atomic mass is 10.0. The van der Waals surface area contributed by atoms with Gasteiger partial charge in [-0.1, -0.05) is 127 Å². The number of carbonyl (C=O) groups is 1. The van der Waals surface area contributed by atoms with Crippen LogP contribution in [0.25, 0.3) is 0 Å². The van der Waals surface area contributed by atoms with Gasteiger partial charge in [-0.25, -0.2) is 0 Å². The Balaban J connectivity index is 3.48. The smallest absolute Gasteiger partial charge is 0.220 e. The summed E-state index contributed by atoms with van der Waals surface area (Å²) in [6.45, 7) is 3.75. The molecule has 0 aliphatic heterocycles. The molecule has 0 aromatic rings. The van der Waals surface area contributed by atoms with Crippen LogP contribution in [0.3, 0.4) is 0 Å². The Hall–Kier alpha value is -1.39. The summed E-state index contributed by atoms with van der Waals surface area (Å²) in [5, 5.41) is 22.0. The average Bonchev–Trinajstić information content (AvgIpc) is 2.87. The summed E-state index contributed by atoms with van der Waals surface area (Å²) in [7, 11) is 0. The number of allylic oxidation sites excluding steroid dienone is 5. The maximum absolute atomic E-state index is 11.4. The normalized spacial score (nSPS) is 13.8. The number of hydrogen-bond acceptors (Lipinski definition) is 3. The molecule has 2 atom stereocenters. The highest BCUT2D eigenvalue weighted by atomic mass is 16.3. The molecule has 0 bridgehead atoms. The molecule has 4 heteroatoms. The first kappa shape index (κ1) is 33.6. The molecule has 0 fully saturated rings. The van der Waals surface area contributed by atoms with Crippen LogP contribution in [0.1, 0.15) is 136 Å². The fourth-order valence-corrected chi connectivity index (χ4v) is 4.05. The summed E-state index contributed by atoms with van der Waals surface area (Å²) in [4.78, 5) is 11.4. The van der Waals surface area contributed by atoms with Crippen LogP contribution in [0.15, 0.2) is 36.5 Å². The van der Waals surface area contributed by atoms with Gasteiger partial charge >= 0.3 is 0 Å². The van der Waals surface area contributed by atoms with E-state index in [2.05, 4.69) is 36.5 Å². The van der Waals surface area contributed by atoms with Gasteiger partial charge < -0.3 is 15.5 Å². The van der Waals surface area contributed by atoms with Crippen molar-refractivity contribution in [3.63, 3.8) is 0 Å². The lowest BCUT2D eigenvalue weighted by molar-refractivity contribution is -0.122. The molecular formula is C31H57NO3. The number of amides is 1. The van der Waals surface area contributed by atoms with Crippen molar-refractivity contribution in [2.45, 2.75) is 148 Å². The van der Waals surface area contributed by atoms with Gasteiger partial charge in [-0.3, -0.25) is 4.79 Å². The number of aliphatic hydroxyl groups is 2. The zero-order valence-corrected chi connectivity index (χ0v) is 23.1. The quantitative estimate of drug-likeness (QED) is 0.0896. The molecule has 4 nitrogen and oxygen atoms in total. The molecule has 0 saturated carbocycles. The third-order valence-electron chi connectivity index (χ3n) is 6.42. The molecule has 0 rings (SSSR count). The van der Waals surface area contributed by atoms with Gasteiger partial charge in [0.15, 0.2) is 0 Å². The van der Waals surface area contributed by atoms with E-state index in [9.17, 15) is 15.0 Å². The molecule has 0 radical (unpaired) electrons. The van der Waals surface area contributed by atoms with Crippen molar-refractivity contribution < 1.29 is 15.0 Å². The second-order valence-electron chi connectivity index (χ2n) is 9.76. The van der Waals surface area contributed by atoms with Gasteiger partial charge in [0.1, 0.15) is 0 Å². The summed E-state index contributed by atoms with van der Waals surface area (Å²) in [6.07, 6.45) is 35.5. The van der Waals surface area contributed by atoms with E-state index in [4.69, 9.17) is 0 Å². The van der Waals surface area contributed by atoms with Crippen molar-refractivity contribution in [3.05, 3.63) is 36.5 Å². The van der Waals surface area contributed by atoms with Crippen LogP contribution in [0.5, 0.6) is 0 Å². The molecule has 0 aromatic carbocycles. The molecule has 0 saturated heterocycles. The summed E-state index contributed by atoms with van der Waals surface area (Å²) in [6, 6.07) is -0.638. The van der Waals surface area contributed by atoms with Crippen molar-refractivity contribution >= 4 is 5.91 Å². The highest BCUT2D eigenvalue weighted by Crippen LogP contribution is 2.13. The summed E-state index contributed by atoms with van der Waals surface area (Å²) >= 11 is 0. The van der Waals surface area contributed by atoms with E-state index < -0.39 is 12.1 Å². The molecule has 0 spiro atoms. The summed E-state index contributed by atoms with van der Waals surface area (Å²) in [5.41, 5.74) is 0. The van der Waals surface area contributed by atoms with E-state index in [1.54, 1.807) is 13.0 Å². The molecule has 35 heavy (non-hydrogen) atoms. The third kappa shape index (κ3) is 24.1. The van der Waals surface area contributed by atoms with Gasteiger partial charge in [-0.05, 0) is 38.5 Å². The third-order valence-corrected chi connectivity index (χ3v) is 6.42. The molecule has 3 N–H and O–H groups in total. The fourth-order valence-electron chi connectivity index (χ4n) is 4.05. The highest BCUT2D eigenvalue weighted by molar-refractivity contribution is 5.75. The van der Waals surface area contributed by atoms with Crippen LogP contribution in [0.4, 0.5) is 0 Å². The van der Waals surface area contributed by atoms with Gasteiger partial charge in [0.25, 0.3) is 0 Å². The van der Waals surface area contributed by atoms with Crippen molar-refractivity contribution in [1.29, 1.82) is 0 Å². The molecule has 204 valence electrons. The van der Waals surface area contributed by atoms with Crippen LogP contribution in [0, 0.1) is 0 Å². The number of carbonyl (C=O) groups excluding carboxylic acids is 1. The summed E-state index contributed by atoms with van der Waals surface area (Å²) in [5.74, 6) is -0.169. The van der Waals surface area contributed by atoms with Crippen LogP contribution >= 0.6 is 0 Å². The Labute approximate surface area is 217 Å². The van der Waals surface area contributed by atoms with E-state index in [1.165, 1.54) is 89.9 Å². The SMILES string of the molecule is CCCCCCCCCCCCCCC/C=C/CC/C=C/CC/C=C/C(O)C(CO)NC(=O)CC. The first-order chi connectivity index (χ1) is 17.2. The number of aliphatic hydroxyl groups excluding tert-OH is 2. The topological polar surface area (TPSA) is 69.6 Å². The minimum absolute atomic E-state index is 0.169. The predicted molar refractivity (Wildman–Crippen MR) is 152 cm³/mol. The Kier molecular flexibility index (Phi) is 26.1. The minimum atomic E-state index is -0.862. The highest BCUT2D eigenvalue weighted by Gasteiger charge is 2.17. The zero-order valence-electron chi connectivity index (χ0n) is 23.1. The largest absolute Gasteiger partial charge is 0.394 e. The van der Waals surface area contributed by atoms with E-state index in [0.717, 1.165) is 25.7 Å². The number of hydrogen-bond donors (Lipinski definition) is 3. The average molecular weight is 492 g/mol. The van der Waals surface area contributed by atoms with Crippen LogP contribution in [0.2, 0.25) is 0 Å². The van der Waals surface area contributed by atoms with E-state index in [-0.39, 0.29) is 12.5 Å². The molecular weight excluding hydrogens is 434 g/mol. The fraction of sp³-hybridized carbons (Fsp3) is 0.774. The van der Waals surface area contributed by atoms with Crippen molar-refractivity contribution in [2.24, 2.45) is 0 Å². The Morgan fingerprint density at radius 1 is 0.657 bits per heavy atom. The lowest BCUT2D eigenvalue weighted by Gasteiger charge is -2.19. The number of rotatable bonds is 25. The van der Waals surface area contributed by atoms with Gasteiger partial charge in [0, 0.05) is 6.42 Å². The number of unbranched alkanes of at least 4 members (excludes halogenated alkanes) is 15. The lowest BCUT2D eigenvalue weighted by Crippen LogP contribution is -2.44. The molecule has 0 aromatic heterocycles. The van der Waals surface area contributed by atoms with Crippen LogP contribution in [-0.2, 0) is 4.79 Å². The van der Waals surface area contributed by atoms with Gasteiger partial charge in [0.05, 0.1) is 18.8 Å². The van der Waals surface area contributed by atoms with E-state index >= 15 is 0 Å².